The zero-order valence-corrected chi connectivity index (χ0v) is 32.4. The summed E-state index contributed by atoms with van der Waals surface area (Å²) in [7, 11) is -3.29. The maximum atomic E-state index is 13.0. The lowest BCUT2D eigenvalue weighted by Gasteiger charge is -2.12. The molecule has 2 heterocycles. The van der Waals surface area contributed by atoms with Crippen molar-refractivity contribution in [1.29, 1.82) is 10.5 Å². The molecule has 0 atom stereocenters. The van der Waals surface area contributed by atoms with Crippen LogP contribution in [0, 0.1) is 43.4 Å². The second-order valence-electron chi connectivity index (χ2n) is 13.2. The third-order valence-corrected chi connectivity index (χ3v) is 9.98. The summed E-state index contributed by atoms with van der Waals surface area (Å²) in [5, 5.41) is 23.7. The summed E-state index contributed by atoms with van der Waals surface area (Å²) in [6, 6.07) is 37.8. The van der Waals surface area contributed by atoms with Crippen LogP contribution in [-0.2, 0) is 22.9 Å². The zero-order chi connectivity index (χ0) is 41.3. The van der Waals surface area contributed by atoms with Gasteiger partial charge in [0.15, 0.2) is 9.84 Å². The summed E-state index contributed by atoms with van der Waals surface area (Å²) in [5.41, 5.74) is 5.15. The highest BCUT2D eigenvalue weighted by Gasteiger charge is 2.17. The van der Waals surface area contributed by atoms with E-state index in [4.69, 9.17) is 10.5 Å². The normalized spacial score (nSPS) is 10.6. The van der Waals surface area contributed by atoms with E-state index < -0.39 is 32.8 Å². The van der Waals surface area contributed by atoms with Crippen LogP contribution in [0.15, 0.2) is 136 Å². The Morgan fingerprint density at radius 3 is 1.49 bits per heavy atom. The first-order valence-electron chi connectivity index (χ1n) is 17.6. The van der Waals surface area contributed by atoms with Gasteiger partial charge in [0, 0.05) is 30.7 Å². The molecule has 6 rings (SSSR count). The molecule has 0 saturated heterocycles. The number of benzene rings is 4. The van der Waals surface area contributed by atoms with E-state index in [1.165, 1.54) is 33.4 Å². The zero-order valence-electron chi connectivity index (χ0n) is 31.6. The summed E-state index contributed by atoms with van der Waals surface area (Å²) in [6.07, 6.45) is 1.12. The smallest absolute Gasteiger partial charge is 0.268 e. The van der Waals surface area contributed by atoms with Crippen molar-refractivity contribution in [2.24, 2.45) is 0 Å². The SMILES string of the molecule is Cc1ccc(C(=O)NCc2ccc(S(C)(=O)=O)cc2)c(=O)n1-c1cccc(C#N)c1.Cc1cccc(CNC(=O)c2ccc(C)n(-c3cccc(C#N)c3)c2=O)c1. The van der Waals surface area contributed by atoms with Crippen LogP contribution < -0.4 is 21.8 Å². The minimum Gasteiger partial charge on any atom is -0.348 e. The predicted molar refractivity (Wildman–Crippen MR) is 216 cm³/mol. The van der Waals surface area contributed by atoms with Crippen molar-refractivity contribution in [1.82, 2.24) is 19.8 Å². The van der Waals surface area contributed by atoms with Crippen molar-refractivity contribution in [2.75, 3.05) is 6.26 Å². The molecule has 0 bridgehead atoms. The molecule has 0 unspecified atom stereocenters. The van der Waals surface area contributed by atoms with Crippen molar-refractivity contribution < 1.29 is 18.0 Å². The van der Waals surface area contributed by atoms with Crippen LogP contribution >= 0.6 is 0 Å². The fourth-order valence-corrected chi connectivity index (χ4v) is 6.54. The fourth-order valence-electron chi connectivity index (χ4n) is 5.91. The largest absolute Gasteiger partial charge is 0.348 e. The summed E-state index contributed by atoms with van der Waals surface area (Å²) >= 11 is 0. The highest BCUT2D eigenvalue weighted by Crippen LogP contribution is 2.14. The van der Waals surface area contributed by atoms with Gasteiger partial charge < -0.3 is 10.6 Å². The molecule has 0 radical (unpaired) electrons. The molecule has 0 aliphatic rings. The van der Waals surface area contributed by atoms with E-state index in [1.54, 1.807) is 86.6 Å². The quantitative estimate of drug-likeness (QED) is 0.190. The van der Waals surface area contributed by atoms with Crippen molar-refractivity contribution in [3.05, 3.63) is 192 Å². The van der Waals surface area contributed by atoms with E-state index in [9.17, 15) is 27.6 Å². The summed E-state index contributed by atoms with van der Waals surface area (Å²) in [4.78, 5) is 51.2. The van der Waals surface area contributed by atoms with Crippen molar-refractivity contribution in [2.45, 2.75) is 38.8 Å². The third-order valence-electron chi connectivity index (χ3n) is 8.85. The first-order valence-corrected chi connectivity index (χ1v) is 19.5. The molecule has 0 aliphatic carbocycles. The Labute approximate surface area is 329 Å². The molecule has 12 nitrogen and oxygen atoms in total. The van der Waals surface area contributed by atoms with E-state index in [2.05, 4.69) is 16.7 Å². The number of sulfone groups is 1. The number of pyridine rings is 2. The van der Waals surface area contributed by atoms with E-state index in [1.807, 2.05) is 37.3 Å². The highest BCUT2D eigenvalue weighted by atomic mass is 32.2. The van der Waals surface area contributed by atoms with Crippen LogP contribution in [0.25, 0.3) is 11.4 Å². The van der Waals surface area contributed by atoms with Gasteiger partial charge in [-0.3, -0.25) is 28.3 Å². The number of aromatic nitrogens is 2. The highest BCUT2D eigenvalue weighted by molar-refractivity contribution is 7.90. The van der Waals surface area contributed by atoms with Gasteiger partial charge in [-0.05, 0) is 105 Å². The minimum absolute atomic E-state index is 0.0317. The molecule has 2 N–H and O–H groups in total. The number of carbonyl (C=O) groups is 2. The van der Waals surface area contributed by atoms with E-state index in [-0.39, 0.29) is 22.6 Å². The Bertz CT molecular complexity index is 2810. The molecule has 0 saturated carbocycles. The molecule has 2 amide bonds. The molecule has 57 heavy (non-hydrogen) atoms. The van der Waals surface area contributed by atoms with Crippen LogP contribution in [0.3, 0.4) is 0 Å². The van der Waals surface area contributed by atoms with Crippen molar-refractivity contribution in [3.8, 4) is 23.5 Å². The van der Waals surface area contributed by atoms with E-state index in [0.717, 1.165) is 17.4 Å². The number of hydrogen-bond acceptors (Lipinski definition) is 8. The minimum atomic E-state index is -3.29. The van der Waals surface area contributed by atoms with Crippen LogP contribution in [-0.4, -0.2) is 35.6 Å². The summed E-state index contributed by atoms with van der Waals surface area (Å²) in [5.74, 6) is -0.968. The monoisotopic (exact) mass is 778 g/mol. The molecule has 6 aromatic rings. The Hall–Kier alpha value is -7.35. The average Bonchev–Trinajstić information content (AvgIpc) is 3.19. The first kappa shape index (κ1) is 40.8. The number of hydrogen-bond donors (Lipinski definition) is 2. The number of rotatable bonds is 9. The number of nitrogens with one attached hydrogen (secondary N) is 2. The number of carbonyl (C=O) groups excluding carboxylic acids is 2. The average molecular weight is 779 g/mol. The van der Waals surface area contributed by atoms with Gasteiger partial charge in [0.05, 0.1) is 39.5 Å². The maximum absolute atomic E-state index is 13.0. The maximum Gasteiger partial charge on any atom is 0.268 e. The van der Waals surface area contributed by atoms with Gasteiger partial charge >= 0.3 is 0 Å². The molecular formula is C44H38N6O6S. The molecule has 0 aliphatic heterocycles. The van der Waals surface area contributed by atoms with Gasteiger partial charge in [-0.25, -0.2) is 8.42 Å². The van der Waals surface area contributed by atoms with Gasteiger partial charge in [0.25, 0.3) is 22.9 Å². The number of amides is 2. The van der Waals surface area contributed by atoms with E-state index in [0.29, 0.717) is 46.0 Å². The van der Waals surface area contributed by atoms with Gasteiger partial charge in [0.1, 0.15) is 11.1 Å². The van der Waals surface area contributed by atoms with Crippen LogP contribution in [0.1, 0.15) is 59.9 Å². The molecule has 286 valence electrons. The Balaban J connectivity index is 0.000000219. The van der Waals surface area contributed by atoms with Gasteiger partial charge in [-0.15, -0.1) is 0 Å². The van der Waals surface area contributed by atoms with Crippen molar-refractivity contribution >= 4 is 21.7 Å². The molecule has 13 heteroatoms. The van der Waals surface area contributed by atoms with Crippen molar-refractivity contribution in [3.63, 3.8) is 0 Å². The summed E-state index contributed by atoms with van der Waals surface area (Å²) in [6.45, 7) is 6.00. The molecular weight excluding hydrogens is 741 g/mol. The lowest BCUT2D eigenvalue weighted by molar-refractivity contribution is 0.0941. The van der Waals surface area contributed by atoms with E-state index >= 15 is 0 Å². The number of nitriles is 2. The van der Waals surface area contributed by atoms with Crippen LogP contribution in [0.4, 0.5) is 0 Å². The standard InChI is InChI=1S/C22H19N3O4S.C22H19N3O2/c1-15-6-11-20(22(27)25(15)18-5-3-4-17(12-18)13-23)21(26)24-14-16-7-9-19(10-8-16)30(2,28)29;1-15-5-3-7-18(11-15)14-24-21(26)20-10-9-16(2)25(22(20)27)19-8-4-6-17(12-19)13-23/h3-12H,14H2,1-2H3,(H,24,26);3-12H,14H2,1-2H3,(H,24,26). The number of nitrogens with zero attached hydrogens (tertiary/aromatic N) is 4. The molecule has 2 aromatic heterocycles. The Morgan fingerprint density at radius 2 is 1.05 bits per heavy atom. The Kier molecular flexibility index (Phi) is 12.8. The van der Waals surface area contributed by atoms with Gasteiger partial charge in [0.2, 0.25) is 0 Å². The van der Waals surface area contributed by atoms with Crippen LogP contribution in [0.5, 0.6) is 0 Å². The molecule has 4 aromatic carbocycles. The molecule has 0 fully saturated rings. The van der Waals surface area contributed by atoms with Gasteiger partial charge in [-0.2, -0.15) is 10.5 Å². The fraction of sp³-hybridized carbons (Fsp3) is 0.136. The number of aryl methyl sites for hydroxylation is 3. The molecule has 0 spiro atoms. The van der Waals surface area contributed by atoms with Crippen LogP contribution in [0.2, 0.25) is 0 Å². The topological polar surface area (TPSA) is 184 Å². The van der Waals surface area contributed by atoms with Gasteiger partial charge in [-0.1, -0.05) is 54.1 Å². The Morgan fingerprint density at radius 1 is 0.596 bits per heavy atom. The second kappa shape index (κ2) is 17.9. The lowest BCUT2D eigenvalue weighted by Crippen LogP contribution is -2.33. The second-order valence-corrected chi connectivity index (χ2v) is 15.2. The third kappa shape index (κ3) is 10.0. The summed E-state index contributed by atoms with van der Waals surface area (Å²) < 4.78 is 25.9. The lowest BCUT2D eigenvalue weighted by atomic mass is 10.1. The predicted octanol–water partition coefficient (Wildman–Crippen LogP) is 5.61. The first-order chi connectivity index (χ1) is 27.2.